The molecule has 0 saturated carbocycles. The van der Waals surface area contributed by atoms with E-state index in [1.807, 2.05) is 24.3 Å². The van der Waals surface area contributed by atoms with Crippen LogP contribution in [0.15, 0.2) is 59.4 Å². The molecule has 10 heteroatoms. The molecule has 0 bridgehead atoms. The number of carbonyl (C=O) groups excluding carboxylic acids is 1. The van der Waals surface area contributed by atoms with Gasteiger partial charge in [-0.1, -0.05) is 28.6 Å². The van der Waals surface area contributed by atoms with Crippen molar-refractivity contribution < 1.29 is 13.7 Å². The van der Waals surface area contributed by atoms with Crippen LogP contribution in [0.1, 0.15) is 12.8 Å². The van der Waals surface area contributed by atoms with Crippen LogP contribution in [0, 0.1) is 11.7 Å². The summed E-state index contributed by atoms with van der Waals surface area (Å²) in [6.45, 7) is 1.24. The summed E-state index contributed by atoms with van der Waals surface area (Å²) >= 11 is 1.47. The Morgan fingerprint density at radius 2 is 2.00 bits per heavy atom. The van der Waals surface area contributed by atoms with E-state index in [4.69, 9.17) is 4.52 Å². The Morgan fingerprint density at radius 1 is 1.15 bits per heavy atom. The van der Waals surface area contributed by atoms with Gasteiger partial charge < -0.3 is 14.7 Å². The lowest BCUT2D eigenvalue weighted by Gasteiger charge is -2.32. The molecule has 1 aliphatic rings. The number of para-hydroxylation sites is 1. The SMILES string of the molecule is O=C(Nc1nc2ccccc2s1)[C@@H]1CCCN(c2ncnc3onc(-c4ccc(F)cc4)c23)C1. The summed E-state index contributed by atoms with van der Waals surface area (Å²) in [5.74, 6) is 0.0483. The molecule has 0 unspecified atom stereocenters. The van der Waals surface area contributed by atoms with Gasteiger partial charge in [-0.05, 0) is 49.2 Å². The van der Waals surface area contributed by atoms with Crippen LogP contribution in [-0.4, -0.2) is 39.1 Å². The van der Waals surface area contributed by atoms with Gasteiger partial charge in [0.25, 0.3) is 5.71 Å². The molecule has 0 spiro atoms. The highest BCUT2D eigenvalue weighted by Crippen LogP contribution is 2.35. The largest absolute Gasteiger partial charge is 0.355 e. The first-order valence-corrected chi connectivity index (χ1v) is 11.7. The fourth-order valence-electron chi connectivity index (χ4n) is 4.33. The number of rotatable bonds is 4. The molecule has 1 aliphatic heterocycles. The Bertz CT molecular complexity index is 1470. The minimum absolute atomic E-state index is 0.0573. The van der Waals surface area contributed by atoms with Crippen molar-refractivity contribution in [2.45, 2.75) is 12.8 Å². The lowest BCUT2D eigenvalue weighted by atomic mass is 9.97. The zero-order valence-electron chi connectivity index (χ0n) is 17.9. The first-order chi connectivity index (χ1) is 16.7. The average Bonchev–Trinajstić information content (AvgIpc) is 3.48. The maximum absolute atomic E-state index is 13.4. The first kappa shape index (κ1) is 20.7. The summed E-state index contributed by atoms with van der Waals surface area (Å²) in [4.78, 5) is 28.4. The quantitative estimate of drug-likeness (QED) is 0.396. The van der Waals surface area contributed by atoms with Gasteiger partial charge in [0.2, 0.25) is 5.91 Å². The number of thiazole rings is 1. The molecule has 0 aliphatic carbocycles. The smallest absolute Gasteiger partial charge is 0.263 e. The van der Waals surface area contributed by atoms with E-state index in [1.54, 1.807) is 12.1 Å². The van der Waals surface area contributed by atoms with Crippen LogP contribution in [0.25, 0.3) is 32.6 Å². The molecule has 1 saturated heterocycles. The number of halogens is 1. The molecule has 170 valence electrons. The molecule has 2 aromatic carbocycles. The van der Waals surface area contributed by atoms with Crippen LogP contribution < -0.4 is 10.2 Å². The molecular weight excluding hydrogens is 455 g/mol. The summed E-state index contributed by atoms with van der Waals surface area (Å²) in [5, 5.41) is 8.42. The number of aromatic nitrogens is 4. The zero-order chi connectivity index (χ0) is 23.1. The second-order valence-corrected chi connectivity index (χ2v) is 9.21. The van der Waals surface area contributed by atoms with Crippen molar-refractivity contribution in [1.29, 1.82) is 0 Å². The van der Waals surface area contributed by atoms with E-state index in [0.717, 1.165) is 29.6 Å². The number of hydrogen-bond acceptors (Lipinski definition) is 8. The third-order valence-corrected chi connectivity index (χ3v) is 6.94. The van der Waals surface area contributed by atoms with Crippen LogP contribution in [0.3, 0.4) is 0 Å². The van der Waals surface area contributed by atoms with Gasteiger partial charge in [-0.2, -0.15) is 4.98 Å². The van der Waals surface area contributed by atoms with Crippen molar-refractivity contribution in [3.63, 3.8) is 0 Å². The molecular formula is C24H19FN6O2S. The predicted octanol–water partition coefficient (Wildman–Crippen LogP) is 4.89. The van der Waals surface area contributed by atoms with E-state index in [1.165, 1.54) is 29.8 Å². The lowest BCUT2D eigenvalue weighted by Crippen LogP contribution is -2.41. The molecule has 5 aromatic rings. The Labute approximate surface area is 197 Å². The number of amides is 1. The van der Waals surface area contributed by atoms with Gasteiger partial charge in [-0.3, -0.25) is 4.79 Å². The van der Waals surface area contributed by atoms with Gasteiger partial charge in [0, 0.05) is 18.7 Å². The van der Waals surface area contributed by atoms with Crippen molar-refractivity contribution >= 4 is 49.5 Å². The highest BCUT2D eigenvalue weighted by atomic mass is 32.1. The number of anilines is 2. The maximum atomic E-state index is 13.4. The molecule has 34 heavy (non-hydrogen) atoms. The monoisotopic (exact) mass is 474 g/mol. The Balaban J connectivity index is 1.27. The molecule has 1 amide bonds. The summed E-state index contributed by atoms with van der Waals surface area (Å²) in [5.41, 5.74) is 2.48. The van der Waals surface area contributed by atoms with Gasteiger partial charge in [0.15, 0.2) is 5.13 Å². The maximum Gasteiger partial charge on any atom is 0.263 e. The molecule has 6 rings (SSSR count). The van der Waals surface area contributed by atoms with Gasteiger partial charge in [0.05, 0.1) is 16.1 Å². The van der Waals surface area contributed by atoms with Crippen LogP contribution in [0.5, 0.6) is 0 Å². The molecule has 3 aromatic heterocycles. The van der Waals surface area contributed by atoms with Crippen molar-refractivity contribution in [2.75, 3.05) is 23.3 Å². The standard InChI is InChI=1S/C24H19FN6O2S/c25-16-9-7-14(8-10-16)20-19-21(26-13-27-23(19)33-30-20)31-11-3-4-15(12-31)22(32)29-24-28-17-5-1-2-6-18(17)34-24/h1-2,5-10,13,15H,3-4,11-12H2,(H,28,29,32)/t15-/m1/s1. The lowest BCUT2D eigenvalue weighted by molar-refractivity contribution is -0.120. The van der Waals surface area contributed by atoms with Crippen molar-refractivity contribution in [3.05, 3.63) is 60.7 Å². The number of nitrogens with zero attached hydrogens (tertiary/aromatic N) is 5. The number of hydrogen-bond donors (Lipinski definition) is 1. The minimum atomic E-state index is -0.328. The van der Waals surface area contributed by atoms with Crippen LogP contribution in [0.2, 0.25) is 0 Å². The van der Waals surface area contributed by atoms with Crippen LogP contribution in [0.4, 0.5) is 15.3 Å². The highest BCUT2D eigenvalue weighted by Gasteiger charge is 2.30. The molecule has 8 nitrogen and oxygen atoms in total. The van der Waals surface area contributed by atoms with Crippen molar-refractivity contribution in [3.8, 4) is 11.3 Å². The number of piperidine rings is 1. The summed E-state index contributed by atoms with van der Waals surface area (Å²) in [7, 11) is 0. The highest BCUT2D eigenvalue weighted by molar-refractivity contribution is 7.22. The van der Waals surface area contributed by atoms with Crippen molar-refractivity contribution in [1.82, 2.24) is 20.1 Å². The van der Waals surface area contributed by atoms with E-state index in [2.05, 4.69) is 30.3 Å². The molecule has 0 radical (unpaired) electrons. The second-order valence-electron chi connectivity index (χ2n) is 8.18. The minimum Gasteiger partial charge on any atom is -0.355 e. The number of fused-ring (bicyclic) bond motifs is 2. The van der Waals surface area contributed by atoms with E-state index in [0.29, 0.717) is 39.9 Å². The first-order valence-electron chi connectivity index (χ1n) is 10.9. The zero-order valence-corrected chi connectivity index (χ0v) is 18.8. The number of benzene rings is 2. The summed E-state index contributed by atoms with van der Waals surface area (Å²) < 4.78 is 19.9. The normalized spacial score (nSPS) is 16.3. The fourth-order valence-corrected chi connectivity index (χ4v) is 5.20. The average molecular weight is 475 g/mol. The van der Waals surface area contributed by atoms with Gasteiger partial charge in [-0.15, -0.1) is 0 Å². The Kier molecular flexibility index (Phi) is 5.14. The van der Waals surface area contributed by atoms with E-state index < -0.39 is 0 Å². The number of nitrogens with one attached hydrogen (secondary N) is 1. The summed E-state index contributed by atoms with van der Waals surface area (Å²) in [6.07, 6.45) is 3.04. The Hall–Kier alpha value is -3.92. The topological polar surface area (TPSA) is 97.0 Å². The van der Waals surface area contributed by atoms with Gasteiger partial charge >= 0.3 is 0 Å². The fraction of sp³-hybridized carbons (Fsp3) is 0.208. The van der Waals surface area contributed by atoms with Gasteiger partial charge in [-0.25, -0.2) is 14.4 Å². The number of carbonyl (C=O) groups is 1. The molecule has 1 fully saturated rings. The van der Waals surface area contributed by atoms with E-state index in [9.17, 15) is 9.18 Å². The molecule has 1 atom stereocenters. The van der Waals surface area contributed by atoms with Gasteiger partial charge in [0.1, 0.15) is 29.0 Å². The van der Waals surface area contributed by atoms with Crippen LogP contribution in [-0.2, 0) is 4.79 Å². The van der Waals surface area contributed by atoms with Crippen LogP contribution >= 0.6 is 11.3 Å². The third-order valence-electron chi connectivity index (χ3n) is 5.99. The van der Waals surface area contributed by atoms with E-state index >= 15 is 0 Å². The molecule has 4 heterocycles. The van der Waals surface area contributed by atoms with Crippen molar-refractivity contribution in [2.24, 2.45) is 5.92 Å². The van der Waals surface area contributed by atoms with E-state index in [-0.39, 0.29) is 17.6 Å². The second kappa shape index (κ2) is 8.45. The Morgan fingerprint density at radius 3 is 2.85 bits per heavy atom. The third kappa shape index (κ3) is 3.75. The molecule has 1 N–H and O–H groups in total. The summed E-state index contributed by atoms with van der Waals surface area (Å²) in [6, 6.07) is 13.9. The predicted molar refractivity (Wildman–Crippen MR) is 128 cm³/mol.